The van der Waals surface area contributed by atoms with E-state index in [9.17, 15) is 8.42 Å². The van der Waals surface area contributed by atoms with Gasteiger partial charge in [0.2, 0.25) is 16.0 Å². The van der Waals surface area contributed by atoms with Gasteiger partial charge in [0.25, 0.3) is 0 Å². The quantitative estimate of drug-likeness (QED) is 0.416. The summed E-state index contributed by atoms with van der Waals surface area (Å²) < 4.78 is 32.9. The van der Waals surface area contributed by atoms with Gasteiger partial charge in [-0.05, 0) is 80.5 Å². The summed E-state index contributed by atoms with van der Waals surface area (Å²) in [5, 5.41) is 6.32. The molecule has 174 valence electrons. The van der Waals surface area contributed by atoms with Crippen molar-refractivity contribution in [3.63, 3.8) is 0 Å². The minimum absolute atomic E-state index is 0.227. The molecule has 4 rings (SSSR count). The van der Waals surface area contributed by atoms with Crippen LogP contribution < -0.4 is 20.1 Å². The average molecular weight is 469 g/mol. The van der Waals surface area contributed by atoms with Gasteiger partial charge in [0.15, 0.2) is 0 Å². The minimum atomic E-state index is -3.54. The molecule has 2 heterocycles. The lowest BCUT2D eigenvalue weighted by molar-refractivity contribution is 0.344. The van der Waals surface area contributed by atoms with E-state index in [0.29, 0.717) is 24.0 Å². The number of sulfonamides is 1. The van der Waals surface area contributed by atoms with E-state index < -0.39 is 10.0 Å². The lowest BCUT2D eigenvalue weighted by Crippen LogP contribution is -2.33. The molecule has 0 atom stereocenters. The van der Waals surface area contributed by atoms with Crippen molar-refractivity contribution in [2.45, 2.75) is 17.7 Å². The number of hydrogen-bond donors (Lipinski definition) is 3. The Morgan fingerprint density at radius 3 is 2.30 bits per heavy atom. The van der Waals surface area contributed by atoms with Gasteiger partial charge in [-0.15, -0.1) is 0 Å². The lowest BCUT2D eigenvalue weighted by atomic mass is 10.3. The molecule has 3 N–H and O–H groups in total. The number of nitrogens with zero attached hydrogens (tertiary/aromatic N) is 3. The zero-order valence-corrected chi connectivity index (χ0v) is 19.3. The molecule has 1 aliphatic heterocycles. The second-order valence-corrected chi connectivity index (χ2v) is 9.48. The maximum Gasteiger partial charge on any atom is 0.240 e. The molecule has 0 bridgehead atoms. The van der Waals surface area contributed by atoms with Crippen LogP contribution in [0.4, 0.5) is 23.1 Å². The highest BCUT2D eigenvalue weighted by Gasteiger charge is 2.16. The van der Waals surface area contributed by atoms with Gasteiger partial charge >= 0.3 is 0 Å². The first-order valence-corrected chi connectivity index (χ1v) is 12.3. The first kappa shape index (κ1) is 23.0. The van der Waals surface area contributed by atoms with E-state index in [2.05, 4.69) is 30.2 Å². The summed E-state index contributed by atoms with van der Waals surface area (Å²) in [6.07, 6.45) is 4.01. The number of likely N-dealkylation sites (tertiary alicyclic amines) is 1. The molecule has 0 unspecified atom stereocenters. The van der Waals surface area contributed by atoms with Crippen LogP contribution in [0.5, 0.6) is 5.75 Å². The normalized spacial score (nSPS) is 14.2. The van der Waals surface area contributed by atoms with E-state index in [1.807, 2.05) is 24.3 Å². The number of methoxy groups -OCH3 is 1. The number of rotatable bonds is 10. The third-order valence-electron chi connectivity index (χ3n) is 5.36. The fraction of sp³-hybridized carbons (Fsp3) is 0.304. The van der Waals surface area contributed by atoms with E-state index in [-0.39, 0.29) is 4.90 Å². The summed E-state index contributed by atoms with van der Waals surface area (Å²) in [5.74, 6) is 1.80. The van der Waals surface area contributed by atoms with Crippen LogP contribution in [0.15, 0.2) is 65.7 Å². The van der Waals surface area contributed by atoms with Crippen molar-refractivity contribution in [2.24, 2.45) is 0 Å². The summed E-state index contributed by atoms with van der Waals surface area (Å²) in [6, 6.07) is 15.8. The number of hydrogen-bond acceptors (Lipinski definition) is 8. The van der Waals surface area contributed by atoms with Crippen LogP contribution in [-0.2, 0) is 10.0 Å². The van der Waals surface area contributed by atoms with Gasteiger partial charge in [-0.1, -0.05) is 0 Å². The van der Waals surface area contributed by atoms with Gasteiger partial charge in [-0.25, -0.2) is 18.1 Å². The molecule has 10 heteroatoms. The molecule has 1 saturated heterocycles. The van der Waals surface area contributed by atoms with Gasteiger partial charge in [0.1, 0.15) is 11.6 Å². The number of anilines is 4. The first-order valence-electron chi connectivity index (χ1n) is 10.8. The van der Waals surface area contributed by atoms with Crippen LogP contribution in [-0.4, -0.2) is 56.6 Å². The number of nitrogens with one attached hydrogen (secondary N) is 3. The van der Waals surface area contributed by atoms with E-state index >= 15 is 0 Å². The molecule has 2 aromatic carbocycles. The molecular formula is C23H28N6O3S. The smallest absolute Gasteiger partial charge is 0.240 e. The lowest BCUT2D eigenvalue weighted by Gasteiger charge is -2.15. The van der Waals surface area contributed by atoms with Crippen molar-refractivity contribution in [3.05, 3.63) is 60.8 Å². The van der Waals surface area contributed by atoms with Gasteiger partial charge in [0, 0.05) is 30.7 Å². The molecule has 33 heavy (non-hydrogen) atoms. The van der Waals surface area contributed by atoms with Crippen molar-refractivity contribution in [2.75, 3.05) is 43.9 Å². The molecule has 0 radical (unpaired) electrons. The Balaban J connectivity index is 1.34. The number of aromatic nitrogens is 2. The summed E-state index contributed by atoms with van der Waals surface area (Å²) >= 11 is 0. The van der Waals surface area contributed by atoms with Crippen LogP contribution in [0.3, 0.4) is 0 Å². The molecule has 1 aromatic heterocycles. The summed E-state index contributed by atoms with van der Waals surface area (Å²) in [7, 11) is -1.92. The maximum atomic E-state index is 12.5. The Kier molecular flexibility index (Phi) is 7.38. The molecule has 3 aromatic rings. The van der Waals surface area contributed by atoms with E-state index in [1.165, 1.54) is 12.8 Å². The van der Waals surface area contributed by atoms with E-state index in [1.54, 1.807) is 43.6 Å². The third-order valence-corrected chi connectivity index (χ3v) is 6.83. The van der Waals surface area contributed by atoms with Gasteiger partial charge in [-0.2, -0.15) is 4.98 Å². The maximum absolute atomic E-state index is 12.5. The molecule has 9 nitrogen and oxygen atoms in total. The van der Waals surface area contributed by atoms with Gasteiger partial charge in [-0.3, -0.25) is 0 Å². The molecule has 1 aliphatic rings. The van der Waals surface area contributed by atoms with Gasteiger partial charge in [0.05, 0.1) is 12.0 Å². The highest BCUT2D eigenvalue weighted by Crippen LogP contribution is 2.21. The second-order valence-electron chi connectivity index (χ2n) is 7.71. The van der Waals surface area contributed by atoms with Crippen molar-refractivity contribution in [3.8, 4) is 5.75 Å². The molecule has 0 aliphatic carbocycles. The van der Waals surface area contributed by atoms with Crippen LogP contribution >= 0.6 is 0 Å². The van der Waals surface area contributed by atoms with E-state index in [0.717, 1.165) is 31.1 Å². The van der Waals surface area contributed by atoms with Crippen molar-refractivity contribution in [1.29, 1.82) is 0 Å². The average Bonchev–Trinajstić information content (AvgIpc) is 3.34. The van der Waals surface area contributed by atoms with E-state index in [4.69, 9.17) is 4.74 Å². The third kappa shape index (κ3) is 6.41. The summed E-state index contributed by atoms with van der Waals surface area (Å²) in [5.41, 5.74) is 1.56. The highest BCUT2D eigenvalue weighted by molar-refractivity contribution is 7.89. The zero-order valence-electron chi connectivity index (χ0n) is 18.5. The topological polar surface area (TPSA) is 108 Å². The molecule has 1 fully saturated rings. The Morgan fingerprint density at radius 2 is 1.61 bits per heavy atom. The Morgan fingerprint density at radius 1 is 0.939 bits per heavy atom. The Labute approximate surface area is 194 Å². The molecular weight excluding hydrogens is 440 g/mol. The largest absolute Gasteiger partial charge is 0.497 e. The van der Waals surface area contributed by atoms with Crippen LogP contribution in [0.1, 0.15) is 12.8 Å². The zero-order chi connectivity index (χ0) is 23.1. The van der Waals surface area contributed by atoms with Crippen LogP contribution in [0.25, 0.3) is 0 Å². The monoisotopic (exact) mass is 468 g/mol. The fourth-order valence-electron chi connectivity index (χ4n) is 3.58. The number of benzene rings is 2. The SMILES string of the molecule is COc1ccc(Nc2ccnc(Nc3ccc(S(=O)(=O)NCCN4CCCC4)cc3)n2)cc1. The molecule has 0 saturated carbocycles. The highest BCUT2D eigenvalue weighted by atomic mass is 32.2. The predicted octanol–water partition coefficient (Wildman–Crippen LogP) is 3.35. The van der Waals surface area contributed by atoms with Crippen molar-refractivity contribution < 1.29 is 13.2 Å². The Bertz CT molecular complexity index is 1150. The van der Waals surface area contributed by atoms with Crippen LogP contribution in [0, 0.1) is 0 Å². The molecule has 0 spiro atoms. The minimum Gasteiger partial charge on any atom is -0.497 e. The standard InChI is InChI=1S/C23H28N6O3S/c1-32-20-8-4-18(5-9-20)26-22-12-13-24-23(28-22)27-19-6-10-21(11-7-19)33(30,31)25-14-17-29-15-2-3-16-29/h4-13,25H,2-3,14-17H2,1H3,(H2,24,26,27,28). The summed E-state index contributed by atoms with van der Waals surface area (Å²) in [4.78, 5) is 11.2. The van der Waals surface area contributed by atoms with Crippen molar-refractivity contribution in [1.82, 2.24) is 19.6 Å². The fourth-order valence-corrected chi connectivity index (χ4v) is 4.61. The Hall–Kier alpha value is -3.21. The number of ether oxygens (including phenoxy) is 1. The van der Waals surface area contributed by atoms with Crippen LogP contribution in [0.2, 0.25) is 0 Å². The second kappa shape index (κ2) is 10.6. The van der Waals surface area contributed by atoms with Gasteiger partial charge < -0.3 is 20.3 Å². The molecule has 0 amide bonds. The van der Waals surface area contributed by atoms with Crippen molar-refractivity contribution >= 4 is 33.2 Å². The first-order chi connectivity index (χ1) is 16.0. The summed E-state index contributed by atoms with van der Waals surface area (Å²) in [6.45, 7) is 3.23. The predicted molar refractivity (Wildman–Crippen MR) is 129 cm³/mol.